The molecule has 0 N–H and O–H groups in total. The minimum atomic E-state index is -0.193. The summed E-state index contributed by atoms with van der Waals surface area (Å²) in [5, 5.41) is 0.487. The number of thioether (sulfide) groups is 1. The monoisotopic (exact) mass is 186 g/mol. The highest BCUT2D eigenvalue weighted by molar-refractivity contribution is 8.14. The third kappa shape index (κ3) is 3.44. The van der Waals surface area contributed by atoms with E-state index in [0.717, 1.165) is 6.42 Å². The normalized spacial score (nSPS) is 14.0. The highest BCUT2D eigenvalue weighted by Crippen LogP contribution is 2.29. The molecular formula is C10H18OS. The second kappa shape index (κ2) is 4.70. The van der Waals surface area contributed by atoms with Gasteiger partial charge in [-0.25, -0.2) is 0 Å². The van der Waals surface area contributed by atoms with Crippen molar-refractivity contribution >= 4 is 16.9 Å². The van der Waals surface area contributed by atoms with Crippen LogP contribution in [0.5, 0.6) is 0 Å². The van der Waals surface area contributed by atoms with E-state index >= 15 is 0 Å². The van der Waals surface area contributed by atoms with E-state index in [9.17, 15) is 4.79 Å². The molecule has 0 saturated carbocycles. The lowest BCUT2D eigenvalue weighted by atomic mass is 9.92. The second-order valence-electron chi connectivity index (χ2n) is 3.58. The van der Waals surface area contributed by atoms with E-state index in [1.165, 1.54) is 11.8 Å². The Morgan fingerprint density at radius 1 is 1.67 bits per heavy atom. The van der Waals surface area contributed by atoms with Crippen molar-refractivity contribution in [1.29, 1.82) is 0 Å². The summed E-state index contributed by atoms with van der Waals surface area (Å²) < 4.78 is 0. The highest BCUT2D eigenvalue weighted by Gasteiger charge is 2.26. The molecule has 0 aliphatic heterocycles. The van der Waals surface area contributed by atoms with Gasteiger partial charge in [0.15, 0.2) is 5.12 Å². The number of carbonyl (C=O) groups excluding carboxylic acids is 1. The van der Waals surface area contributed by atoms with E-state index in [-0.39, 0.29) is 15.8 Å². The average molecular weight is 186 g/mol. The fourth-order valence-corrected chi connectivity index (χ4v) is 1.42. The van der Waals surface area contributed by atoms with E-state index in [2.05, 4.69) is 6.58 Å². The molecule has 0 bridgehead atoms. The molecule has 0 aromatic heterocycles. The highest BCUT2D eigenvalue weighted by atomic mass is 32.2. The van der Waals surface area contributed by atoms with Crippen LogP contribution in [-0.2, 0) is 4.79 Å². The first-order valence-corrected chi connectivity index (χ1v) is 5.15. The lowest BCUT2D eigenvalue weighted by Gasteiger charge is -2.21. The molecule has 1 nitrogen and oxygen atoms in total. The molecule has 70 valence electrons. The predicted octanol–water partition coefficient (Wildman–Crippen LogP) is 3.26. The summed E-state index contributed by atoms with van der Waals surface area (Å²) in [6.07, 6.45) is 2.69. The maximum Gasteiger partial charge on any atom is 0.195 e. The number of rotatable bonds is 4. The molecule has 0 rings (SSSR count). The Labute approximate surface area is 79.6 Å². The van der Waals surface area contributed by atoms with Crippen LogP contribution in [0.25, 0.3) is 0 Å². The molecule has 0 aliphatic carbocycles. The molecule has 0 amide bonds. The van der Waals surface area contributed by atoms with Crippen molar-refractivity contribution in [1.82, 2.24) is 0 Å². The van der Waals surface area contributed by atoms with Gasteiger partial charge in [0, 0.05) is 10.7 Å². The average Bonchev–Trinajstić information content (AvgIpc) is 2.04. The van der Waals surface area contributed by atoms with E-state index in [0.29, 0.717) is 0 Å². The summed E-state index contributed by atoms with van der Waals surface area (Å²) in [7, 11) is 0. The first-order valence-electron chi connectivity index (χ1n) is 4.27. The Kier molecular flexibility index (Phi) is 4.61. The van der Waals surface area contributed by atoms with Gasteiger partial charge in [-0.15, -0.1) is 6.58 Å². The van der Waals surface area contributed by atoms with Gasteiger partial charge in [0.25, 0.3) is 0 Å². The standard InChI is InChI=1S/C10H18OS/c1-6-8(3)12-9(11)10(4,5)7-2/h6,8H,1,7H2,2-5H3. The molecule has 0 aromatic rings. The SMILES string of the molecule is C=CC(C)SC(=O)C(C)(C)CC. The fraction of sp³-hybridized carbons (Fsp3) is 0.700. The summed E-state index contributed by atoms with van der Waals surface area (Å²) in [6, 6.07) is 0. The molecule has 0 radical (unpaired) electrons. The van der Waals surface area contributed by atoms with Crippen LogP contribution in [-0.4, -0.2) is 10.4 Å². The van der Waals surface area contributed by atoms with Crippen LogP contribution in [0.2, 0.25) is 0 Å². The van der Waals surface area contributed by atoms with Crippen LogP contribution in [0.4, 0.5) is 0 Å². The Balaban J connectivity index is 4.12. The van der Waals surface area contributed by atoms with Gasteiger partial charge in [-0.05, 0) is 13.3 Å². The van der Waals surface area contributed by atoms with Crippen molar-refractivity contribution in [2.24, 2.45) is 5.41 Å². The summed E-state index contributed by atoms with van der Waals surface area (Å²) in [6.45, 7) is 11.6. The molecule has 2 heteroatoms. The van der Waals surface area contributed by atoms with E-state index in [1.54, 1.807) is 6.08 Å². The third-order valence-corrected chi connectivity index (χ3v) is 3.39. The largest absolute Gasteiger partial charge is 0.287 e. The minimum absolute atomic E-state index is 0.193. The second-order valence-corrected chi connectivity index (χ2v) is 4.93. The van der Waals surface area contributed by atoms with Crippen LogP contribution >= 0.6 is 11.8 Å². The Hall–Kier alpha value is -0.240. The topological polar surface area (TPSA) is 17.1 Å². The fourth-order valence-electron chi connectivity index (χ4n) is 0.521. The van der Waals surface area contributed by atoms with Crippen molar-refractivity contribution in [3.05, 3.63) is 12.7 Å². The van der Waals surface area contributed by atoms with Gasteiger partial charge in [0.05, 0.1) is 0 Å². The van der Waals surface area contributed by atoms with Gasteiger partial charge in [-0.1, -0.05) is 38.6 Å². The van der Waals surface area contributed by atoms with Gasteiger partial charge in [0.1, 0.15) is 0 Å². The number of hydrogen-bond donors (Lipinski definition) is 0. The minimum Gasteiger partial charge on any atom is -0.287 e. The van der Waals surface area contributed by atoms with E-state index in [1.807, 2.05) is 27.7 Å². The van der Waals surface area contributed by atoms with Crippen molar-refractivity contribution < 1.29 is 4.79 Å². The predicted molar refractivity (Wildman–Crippen MR) is 56.3 cm³/mol. The molecule has 1 unspecified atom stereocenters. The Morgan fingerprint density at radius 3 is 2.50 bits per heavy atom. The van der Waals surface area contributed by atoms with Gasteiger partial charge in [-0.2, -0.15) is 0 Å². The molecule has 0 aliphatic rings. The molecule has 0 spiro atoms. The lowest BCUT2D eigenvalue weighted by molar-refractivity contribution is -0.118. The van der Waals surface area contributed by atoms with Crippen LogP contribution in [0.3, 0.4) is 0 Å². The van der Waals surface area contributed by atoms with Crippen LogP contribution in [0.15, 0.2) is 12.7 Å². The molecule has 0 heterocycles. The number of carbonyl (C=O) groups is 1. The van der Waals surface area contributed by atoms with Gasteiger partial charge in [0.2, 0.25) is 0 Å². The maximum absolute atomic E-state index is 11.6. The van der Waals surface area contributed by atoms with Gasteiger partial charge >= 0.3 is 0 Å². The molecular weight excluding hydrogens is 168 g/mol. The van der Waals surface area contributed by atoms with Gasteiger partial charge < -0.3 is 0 Å². The van der Waals surface area contributed by atoms with Crippen LogP contribution in [0, 0.1) is 5.41 Å². The summed E-state index contributed by atoms with van der Waals surface area (Å²) in [5.74, 6) is 0. The first kappa shape index (κ1) is 11.8. The van der Waals surface area contributed by atoms with Crippen molar-refractivity contribution in [2.75, 3.05) is 0 Å². The summed E-state index contributed by atoms with van der Waals surface area (Å²) >= 11 is 1.37. The Bertz CT molecular complexity index is 173. The summed E-state index contributed by atoms with van der Waals surface area (Å²) in [5.41, 5.74) is -0.193. The van der Waals surface area contributed by atoms with Crippen molar-refractivity contribution in [3.63, 3.8) is 0 Å². The third-order valence-electron chi connectivity index (χ3n) is 2.06. The zero-order valence-corrected chi connectivity index (χ0v) is 9.20. The zero-order valence-electron chi connectivity index (χ0n) is 8.39. The van der Waals surface area contributed by atoms with E-state index in [4.69, 9.17) is 0 Å². The lowest BCUT2D eigenvalue weighted by Crippen LogP contribution is -2.21. The molecule has 0 aromatic carbocycles. The van der Waals surface area contributed by atoms with Gasteiger partial charge in [-0.3, -0.25) is 4.79 Å². The van der Waals surface area contributed by atoms with Crippen molar-refractivity contribution in [3.8, 4) is 0 Å². The zero-order chi connectivity index (χ0) is 9.78. The number of hydrogen-bond acceptors (Lipinski definition) is 2. The van der Waals surface area contributed by atoms with Crippen LogP contribution in [0.1, 0.15) is 34.1 Å². The van der Waals surface area contributed by atoms with E-state index < -0.39 is 0 Å². The summed E-state index contributed by atoms with van der Waals surface area (Å²) in [4.78, 5) is 11.6. The van der Waals surface area contributed by atoms with Crippen LogP contribution < -0.4 is 0 Å². The molecule has 0 saturated heterocycles. The smallest absolute Gasteiger partial charge is 0.195 e. The quantitative estimate of drug-likeness (QED) is 0.627. The van der Waals surface area contributed by atoms with Crippen molar-refractivity contribution in [2.45, 2.75) is 39.4 Å². The Morgan fingerprint density at radius 2 is 2.17 bits per heavy atom. The molecule has 0 fully saturated rings. The molecule has 1 atom stereocenters. The first-order chi connectivity index (χ1) is 5.44. The maximum atomic E-state index is 11.6. The molecule has 12 heavy (non-hydrogen) atoms.